The van der Waals surface area contributed by atoms with E-state index in [2.05, 4.69) is 23.1 Å². The Bertz CT molecular complexity index is 1920. The quantitative estimate of drug-likeness (QED) is 0.222. The molecule has 0 fully saturated rings. The van der Waals surface area contributed by atoms with Gasteiger partial charge in [0.15, 0.2) is 0 Å². The SMILES string of the molecule is C=CC1=C(C)c2cc3[nH]c(cc4nc(cc5[nH]c(cc1n2)c(C)c5CCC(=O)O)C(CCC(=O)O)=C4C)c(C)c3C=C.[GeH4]. The van der Waals surface area contributed by atoms with E-state index in [0.717, 1.165) is 83.7 Å². The molecule has 0 spiro atoms. The van der Waals surface area contributed by atoms with Crippen molar-refractivity contribution in [1.82, 2.24) is 19.9 Å². The fourth-order valence-electron chi connectivity index (χ4n) is 5.77. The molecule has 0 saturated heterocycles. The van der Waals surface area contributed by atoms with Gasteiger partial charge in [-0.05, 0) is 98.2 Å². The summed E-state index contributed by atoms with van der Waals surface area (Å²) in [6.07, 6.45) is 4.22. The summed E-state index contributed by atoms with van der Waals surface area (Å²) in [4.78, 5) is 40.0. The molecule has 222 valence electrons. The number of hydrogen-bond donors (Lipinski definition) is 4. The first-order valence-corrected chi connectivity index (χ1v) is 13.9. The van der Waals surface area contributed by atoms with Crippen molar-refractivity contribution in [2.45, 2.75) is 53.4 Å². The molecule has 8 bridgehead atoms. The zero-order valence-corrected chi connectivity index (χ0v) is 24.3. The third kappa shape index (κ3) is 5.92. The van der Waals surface area contributed by atoms with Gasteiger partial charge in [0.25, 0.3) is 0 Å². The van der Waals surface area contributed by atoms with Crippen LogP contribution in [0.2, 0.25) is 0 Å². The second kappa shape index (κ2) is 12.4. The van der Waals surface area contributed by atoms with Crippen molar-refractivity contribution in [3.05, 3.63) is 88.5 Å². The minimum atomic E-state index is -0.883. The molecule has 8 nitrogen and oxygen atoms in total. The number of aliphatic carboxylic acids is 2. The molecule has 4 N–H and O–H groups in total. The van der Waals surface area contributed by atoms with Crippen LogP contribution in [0.25, 0.3) is 50.4 Å². The second-order valence-electron chi connectivity index (χ2n) is 10.7. The number of allylic oxidation sites excluding steroid dienone is 5. The Kier molecular flexibility index (Phi) is 9.10. The monoisotopic (exact) mass is 640 g/mol. The van der Waals surface area contributed by atoms with Gasteiger partial charge in [-0.3, -0.25) is 9.59 Å². The molecule has 0 saturated carbocycles. The first-order valence-electron chi connectivity index (χ1n) is 13.9. The Labute approximate surface area is 261 Å². The number of aryl methyl sites for hydroxylation is 3. The van der Waals surface area contributed by atoms with E-state index >= 15 is 0 Å². The van der Waals surface area contributed by atoms with E-state index in [4.69, 9.17) is 9.97 Å². The molecule has 0 unspecified atom stereocenters. The second-order valence-corrected chi connectivity index (χ2v) is 10.7. The van der Waals surface area contributed by atoms with Crippen LogP contribution in [0.15, 0.2) is 43.5 Å². The van der Waals surface area contributed by atoms with Crippen molar-refractivity contribution in [2.24, 2.45) is 0 Å². The van der Waals surface area contributed by atoms with E-state index in [0.29, 0.717) is 18.5 Å². The van der Waals surface area contributed by atoms with E-state index < -0.39 is 11.9 Å². The predicted octanol–water partition coefficient (Wildman–Crippen LogP) is 6.05. The first kappa shape index (κ1) is 31.5. The summed E-state index contributed by atoms with van der Waals surface area (Å²) in [5.74, 6) is -1.76. The van der Waals surface area contributed by atoms with Gasteiger partial charge in [-0.15, -0.1) is 0 Å². The molecule has 3 aromatic heterocycles. The number of nitrogens with one attached hydrogen (secondary N) is 2. The maximum absolute atomic E-state index is 11.5. The van der Waals surface area contributed by atoms with Gasteiger partial charge in [-0.1, -0.05) is 25.3 Å². The van der Waals surface area contributed by atoms with E-state index in [1.54, 1.807) is 6.08 Å². The number of aromatic nitrogens is 4. The molecule has 2 aliphatic rings. The molecule has 9 heteroatoms. The topological polar surface area (TPSA) is 132 Å². The zero-order valence-electron chi connectivity index (χ0n) is 24.3. The van der Waals surface area contributed by atoms with Gasteiger partial charge in [0.05, 0.1) is 22.8 Å². The molecule has 0 aromatic carbocycles. The number of hydrogen-bond acceptors (Lipinski definition) is 4. The number of nitrogens with zero attached hydrogens (tertiary/aromatic N) is 2. The summed E-state index contributed by atoms with van der Waals surface area (Å²) in [7, 11) is 0. The van der Waals surface area contributed by atoms with Crippen LogP contribution in [0.5, 0.6) is 0 Å². The maximum atomic E-state index is 11.5. The number of carbonyl (C=O) groups is 2. The van der Waals surface area contributed by atoms with Crippen molar-refractivity contribution in [2.75, 3.05) is 0 Å². The average molecular weight is 639 g/mol. The van der Waals surface area contributed by atoms with Gasteiger partial charge < -0.3 is 20.2 Å². The molecule has 5 heterocycles. The van der Waals surface area contributed by atoms with Crippen LogP contribution in [0, 0.1) is 13.8 Å². The van der Waals surface area contributed by atoms with Crippen molar-refractivity contribution in [1.29, 1.82) is 0 Å². The van der Waals surface area contributed by atoms with E-state index in [1.165, 1.54) is 0 Å². The molecule has 0 aliphatic carbocycles. The van der Waals surface area contributed by atoms with E-state index in [9.17, 15) is 19.8 Å². The Morgan fingerprint density at radius 3 is 1.91 bits per heavy atom. The van der Waals surface area contributed by atoms with E-state index in [-0.39, 0.29) is 30.4 Å². The van der Waals surface area contributed by atoms with Gasteiger partial charge in [-0.25, -0.2) is 9.97 Å². The molecular formula is C34H38GeN4O4. The summed E-state index contributed by atoms with van der Waals surface area (Å²) in [5.41, 5.74) is 13.7. The van der Waals surface area contributed by atoms with Crippen molar-refractivity contribution in [3.8, 4) is 0 Å². The molecule has 0 atom stereocenters. The fraction of sp³-hybridized carbons (Fsp3) is 0.235. The zero-order chi connectivity index (χ0) is 30.3. The van der Waals surface area contributed by atoms with E-state index in [1.807, 2.05) is 58.0 Å². The summed E-state index contributed by atoms with van der Waals surface area (Å²) in [5, 5.41) is 18.9. The number of carboxylic acid groups (broad SMARTS) is 2. The van der Waals surface area contributed by atoms with Crippen LogP contribution < -0.4 is 0 Å². The number of H-pyrrole nitrogens is 2. The summed E-state index contributed by atoms with van der Waals surface area (Å²) >= 11 is 0. The van der Waals surface area contributed by atoms with Crippen LogP contribution in [0.4, 0.5) is 0 Å². The molecule has 0 radical (unpaired) electrons. The molecule has 43 heavy (non-hydrogen) atoms. The Hall–Kier alpha value is -4.44. The van der Waals surface area contributed by atoms with Crippen molar-refractivity contribution >= 4 is 80.0 Å². The van der Waals surface area contributed by atoms with Gasteiger partial charge in [0.2, 0.25) is 0 Å². The Balaban J connectivity index is 0.00000423. The predicted molar refractivity (Wildman–Crippen MR) is 180 cm³/mol. The average Bonchev–Trinajstić information content (AvgIpc) is 3.59. The first-order chi connectivity index (χ1) is 20.0. The van der Waals surface area contributed by atoms with Gasteiger partial charge >= 0.3 is 29.5 Å². The van der Waals surface area contributed by atoms with Crippen molar-refractivity contribution < 1.29 is 19.8 Å². The summed E-state index contributed by atoms with van der Waals surface area (Å²) < 4.78 is 0. The van der Waals surface area contributed by atoms with Gasteiger partial charge in [0.1, 0.15) is 0 Å². The van der Waals surface area contributed by atoms with Crippen LogP contribution in [0.1, 0.15) is 78.1 Å². The van der Waals surface area contributed by atoms with Crippen LogP contribution in [0.3, 0.4) is 0 Å². The van der Waals surface area contributed by atoms with Crippen LogP contribution >= 0.6 is 0 Å². The third-order valence-corrected chi connectivity index (χ3v) is 8.22. The van der Waals surface area contributed by atoms with Crippen LogP contribution in [-0.4, -0.2) is 59.7 Å². The number of rotatable bonds is 8. The normalized spacial score (nSPS) is 12.7. The molecule has 2 aliphatic heterocycles. The minimum absolute atomic E-state index is 0. The summed E-state index contributed by atoms with van der Waals surface area (Å²) in [6, 6.07) is 7.88. The summed E-state index contributed by atoms with van der Waals surface area (Å²) in [6.45, 7) is 16.0. The van der Waals surface area contributed by atoms with Crippen molar-refractivity contribution in [3.63, 3.8) is 0 Å². The van der Waals surface area contributed by atoms with Gasteiger partial charge in [-0.2, -0.15) is 0 Å². The number of carboxylic acids is 2. The molecule has 0 amide bonds. The molecular weight excluding hydrogens is 601 g/mol. The fourth-order valence-corrected chi connectivity index (χ4v) is 5.77. The third-order valence-electron chi connectivity index (χ3n) is 8.22. The van der Waals surface area contributed by atoms with Crippen LogP contribution in [-0.2, 0) is 16.0 Å². The number of fused-ring (bicyclic) bond motifs is 8. The molecule has 5 rings (SSSR count). The Morgan fingerprint density at radius 2 is 1.26 bits per heavy atom. The standard InChI is InChI=1S/C34H34N4O4.GeH4/c1-7-21-17(3)25-13-26-19(5)23(9-11-33(39)40)31(37-26)16-32-24(10-12-34(41)42)20(6)28(38-32)15-30-22(8-2)18(4)27(36-30)14-29(21)35-25;/h7-8,13-16,35,38H,1-2,9-12H2,3-6H3,(H,39,40)(H,41,42);1H4. The Morgan fingerprint density at radius 1 is 0.721 bits per heavy atom. The molecule has 3 aromatic rings. The van der Waals surface area contributed by atoms with Gasteiger partial charge in [0, 0.05) is 46.0 Å². The number of aromatic amines is 2.